The van der Waals surface area contributed by atoms with E-state index in [2.05, 4.69) is 15.6 Å². The van der Waals surface area contributed by atoms with E-state index in [1.165, 1.54) is 19.2 Å². The lowest BCUT2D eigenvalue weighted by atomic mass is 10.2. The van der Waals surface area contributed by atoms with Crippen LogP contribution in [0.25, 0.3) is 22.6 Å². The van der Waals surface area contributed by atoms with Crippen molar-refractivity contribution in [3.05, 3.63) is 70.2 Å². The highest BCUT2D eigenvalue weighted by atomic mass is 35.5. The van der Waals surface area contributed by atoms with E-state index in [1.807, 2.05) is 30.3 Å². The van der Waals surface area contributed by atoms with Gasteiger partial charge in [0.1, 0.15) is 11.3 Å². The van der Waals surface area contributed by atoms with Crippen molar-refractivity contribution in [1.82, 2.24) is 10.3 Å². The van der Waals surface area contributed by atoms with E-state index in [0.29, 0.717) is 34.2 Å². The fourth-order valence-electron chi connectivity index (χ4n) is 3.08. The first kappa shape index (κ1) is 22.8. The van der Waals surface area contributed by atoms with Gasteiger partial charge in [0.25, 0.3) is 5.91 Å². The van der Waals surface area contributed by atoms with Crippen LogP contribution in [0.4, 0.5) is 5.69 Å². The van der Waals surface area contributed by atoms with Crippen molar-refractivity contribution in [3.63, 3.8) is 0 Å². The number of hydrogen-bond acceptors (Lipinski definition) is 6. The van der Waals surface area contributed by atoms with E-state index in [1.54, 1.807) is 19.2 Å². The molecule has 0 aliphatic heterocycles. The van der Waals surface area contributed by atoms with E-state index < -0.39 is 5.91 Å². The van der Waals surface area contributed by atoms with Crippen LogP contribution >= 0.6 is 35.4 Å². The summed E-state index contributed by atoms with van der Waals surface area (Å²) in [4.78, 5) is 17.0. The number of carbonyl (C=O) groups excluding carboxylic acids is 1. The number of nitrogens with zero attached hydrogens (tertiary/aromatic N) is 1. The summed E-state index contributed by atoms with van der Waals surface area (Å²) in [5.74, 6) is 1.02. The summed E-state index contributed by atoms with van der Waals surface area (Å²) in [6.45, 7) is 0. The fraction of sp³-hybridized carbons (Fsp3) is 0.0870. The van der Waals surface area contributed by atoms with Gasteiger partial charge in [0.15, 0.2) is 16.4 Å². The van der Waals surface area contributed by atoms with Gasteiger partial charge in [-0.05, 0) is 60.7 Å². The highest BCUT2D eigenvalue weighted by Gasteiger charge is 2.15. The standard InChI is InChI=1S/C23H17Cl2N3O4S/c1-30-15-7-8-19-18(11-15)27-22(32-19)12-3-5-14(6-4-12)26-23(33)28-21(29)13-9-16(24)20(31-2)17(25)10-13/h3-11H,1-2H3,(H2,26,28,29,33). The molecule has 3 aromatic carbocycles. The summed E-state index contributed by atoms with van der Waals surface area (Å²) in [6.07, 6.45) is 0. The number of amides is 1. The van der Waals surface area contributed by atoms with Crippen molar-refractivity contribution in [1.29, 1.82) is 0 Å². The number of rotatable bonds is 5. The van der Waals surface area contributed by atoms with Crippen molar-refractivity contribution >= 4 is 63.2 Å². The Bertz CT molecular complexity index is 1330. The third-order valence-corrected chi connectivity index (χ3v) is 5.44. The highest BCUT2D eigenvalue weighted by molar-refractivity contribution is 7.80. The van der Waals surface area contributed by atoms with E-state index in [0.717, 1.165) is 5.56 Å². The average Bonchev–Trinajstić information content (AvgIpc) is 3.22. The van der Waals surface area contributed by atoms with Gasteiger partial charge in [0, 0.05) is 22.9 Å². The van der Waals surface area contributed by atoms with Crippen LogP contribution in [0.1, 0.15) is 10.4 Å². The molecule has 1 amide bonds. The van der Waals surface area contributed by atoms with E-state index >= 15 is 0 Å². The number of methoxy groups -OCH3 is 2. The molecule has 33 heavy (non-hydrogen) atoms. The molecule has 0 saturated carbocycles. The maximum absolute atomic E-state index is 12.5. The molecule has 1 aromatic heterocycles. The maximum atomic E-state index is 12.5. The second-order valence-electron chi connectivity index (χ2n) is 6.81. The van der Waals surface area contributed by atoms with Crippen LogP contribution in [0.5, 0.6) is 11.5 Å². The molecule has 0 unspecified atom stereocenters. The molecule has 0 saturated heterocycles. The first-order chi connectivity index (χ1) is 15.9. The van der Waals surface area contributed by atoms with Gasteiger partial charge in [-0.2, -0.15) is 0 Å². The third kappa shape index (κ3) is 5.03. The monoisotopic (exact) mass is 501 g/mol. The molecule has 10 heteroatoms. The molecule has 0 aliphatic rings. The first-order valence-corrected chi connectivity index (χ1v) is 10.7. The number of halogens is 2. The van der Waals surface area contributed by atoms with E-state index in [-0.39, 0.29) is 20.7 Å². The first-order valence-electron chi connectivity index (χ1n) is 9.58. The minimum absolute atomic E-state index is 0.116. The van der Waals surface area contributed by atoms with Crippen molar-refractivity contribution in [3.8, 4) is 23.0 Å². The molecule has 4 rings (SSSR count). The van der Waals surface area contributed by atoms with Gasteiger partial charge in [0.2, 0.25) is 5.89 Å². The minimum atomic E-state index is -0.461. The number of benzene rings is 3. The zero-order chi connectivity index (χ0) is 23.5. The van der Waals surface area contributed by atoms with Crippen molar-refractivity contribution in [2.24, 2.45) is 0 Å². The molecule has 0 fully saturated rings. The Morgan fingerprint density at radius 2 is 1.70 bits per heavy atom. The summed E-state index contributed by atoms with van der Waals surface area (Å²) >= 11 is 17.4. The molecule has 0 aliphatic carbocycles. The Hall–Kier alpha value is -3.33. The van der Waals surface area contributed by atoms with Crippen LogP contribution in [0.2, 0.25) is 10.0 Å². The lowest BCUT2D eigenvalue weighted by Gasteiger charge is -2.11. The van der Waals surface area contributed by atoms with E-state index in [9.17, 15) is 4.79 Å². The smallest absolute Gasteiger partial charge is 0.257 e. The van der Waals surface area contributed by atoms with Gasteiger partial charge in [-0.3, -0.25) is 10.1 Å². The number of ether oxygens (including phenoxy) is 2. The topological polar surface area (TPSA) is 85.6 Å². The molecule has 0 bridgehead atoms. The lowest BCUT2D eigenvalue weighted by molar-refractivity contribution is 0.0977. The van der Waals surface area contributed by atoms with Crippen molar-refractivity contribution in [2.75, 3.05) is 19.5 Å². The average molecular weight is 502 g/mol. The van der Waals surface area contributed by atoms with Gasteiger partial charge in [-0.25, -0.2) is 4.98 Å². The number of oxazole rings is 1. The molecule has 0 radical (unpaired) electrons. The van der Waals surface area contributed by atoms with Gasteiger partial charge >= 0.3 is 0 Å². The maximum Gasteiger partial charge on any atom is 0.257 e. The van der Waals surface area contributed by atoms with E-state index in [4.69, 9.17) is 49.3 Å². The zero-order valence-corrected chi connectivity index (χ0v) is 19.8. The minimum Gasteiger partial charge on any atom is -0.497 e. The van der Waals surface area contributed by atoms with Crippen LogP contribution in [0, 0.1) is 0 Å². The summed E-state index contributed by atoms with van der Waals surface area (Å²) < 4.78 is 16.1. The van der Waals surface area contributed by atoms with Gasteiger partial charge in [0.05, 0.1) is 24.3 Å². The van der Waals surface area contributed by atoms with Gasteiger partial charge in [-0.15, -0.1) is 0 Å². The van der Waals surface area contributed by atoms with Gasteiger partial charge < -0.3 is 19.2 Å². The summed E-state index contributed by atoms with van der Waals surface area (Å²) in [6, 6.07) is 15.6. The van der Waals surface area contributed by atoms with Crippen molar-refractivity contribution < 1.29 is 18.7 Å². The highest BCUT2D eigenvalue weighted by Crippen LogP contribution is 2.34. The van der Waals surface area contributed by atoms with Crippen molar-refractivity contribution in [2.45, 2.75) is 0 Å². The molecule has 0 atom stereocenters. The number of nitrogens with one attached hydrogen (secondary N) is 2. The number of aromatic nitrogens is 1. The third-order valence-electron chi connectivity index (χ3n) is 4.68. The zero-order valence-electron chi connectivity index (χ0n) is 17.4. The van der Waals surface area contributed by atoms with Gasteiger partial charge in [-0.1, -0.05) is 23.2 Å². The largest absolute Gasteiger partial charge is 0.497 e. The molecular weight excluding hydrogens is 485 g/mol. The molecule has 2 N–H and O–H groups in total. The Kier molecular flexibility index (Phi) is 6.69. The van der Waals surface area contributed by atoms with Crippen LogP contribution in [0.15, 0.2) is 59.0 Å². The van der Waals surface area contributed by atoms with Crippen LogP contribution in [0.3, 0.4) is 0 Å². The Labute approximate surface area is 204 Å². The number of thiocarbonyl (C=S) groups is 1. The Morgan fingerprint density at radius 1 is 1.00 bits per heavy atom. The molecule has 4 aromatic rings. The summed E-state index contributed by atoms with van der Waals surface area (Å²) in [5, 5.41) is 6.11. The summed E-state index contributed by atoms with van der Waals surface area (Å²) in [5.41, 5.74) is 3.07. The fourth-order valence-corrected chi connectivity index (χ4v) is 3.93. The van der Waals surface area contributed by atoms with Crippen LogP contribution in [-0.2, 0) is 0 Å². The molecule has 1 heterocycles. The summed E-state index contributed by atoms with van der Waals surface area (Å²) in [7, 11) is 3.04. The Balaban J connectivity index is 1.42. The molecule has 0 spiro atoms. The second kappa shape index (κ2) is 9.66. The normalized spacial score (nSPS) is 10.7. The number of carbonyl (C=O) groups is 1. The predicted molar refractivity (Wildman–Crippen MR) is 133 cm³/mol. The molecule has 168 valence electrons. The molecular formula is C23H17Cl2N3O4S. The number of anilines is 1. The van der Waals surface area contributed by atoms with Crippen LogP contribution < -0.4 is 20.1 Å². The predicted octanol–water partition coefficient (Wildman–Crippen LogP) is 5.95. The number of fused-ring (bicyclic) bond motifs is 1. The SMILES string of the molecule is COc1ccc2oc(-c3ccc(NC(=S)NC(=O)c4cc(Cl)c(OC)c(Cl)c4)cc3)nc2c1. The quantitative estimate of drug-likeness (QED) is 0.327. The Morgan fingerprint density at radius 3 is 2.33 bits per heavy atom. The second-order valence-corrected chi connectivity index (χ2v) is 8.03. The lowest BCUT2D eigenvalue weighted by Crippen LogP contribution is -2.34. The molecule has 7 nitrogen and oxygen atoms in total. The van der Waals surface area contributed by atoms with Crippen LogP contribution in [-0.4, -0.2) is 30.2 Å². The number of hydrogen-bond donors (Lipinski definition) is 2.